The molecule has 3 rings (SSSR count). The van der Waals surface area contributed by atoms with Crippen LogP contribution in [-0.2, 0) is 21.2 Å². The summed E-state index contributed by atoms with van der Waals surface area (Å²) < 4.78 is 53.4. The van der Waals surface area contributed by atoms with Crippen molar-refractivity contribution in [3.8, 4) is 5.75 Å². The summed E-state index contributed by atoms with van der Waals surface area (Å²) in [7, 11) is -4.70. The second-order valence-corrected chi connectivity index (χ2v) is 7.62. The zero-order valence-electron chi connectivity index (χ0n) is 13.6. The summed E-state index contributed by atoms with van der Waals surface area (Å²) in [6.07, 6.45) is 0. The first kappa shape index (κ1) is 18.8. The van der Waals surface area contributed by atoms with Crippen LogP contribution >= 0.6 is 0 Å². The number of nitrogens with zero attached hydrogens (tertiary/aromatic N) is 1. The van der Waals surface area contributed by atoms with Crippen LogP contribution in [0.4, 0.5) is 14.5 Å². The second-order valence-electron chi connectivity index (χ2n) is 5.71. The SMILES string of the molecule is O=C(O)c1ccc2c(c1)N(Cc1ccc(S(=O)(=O)C(F)F)cc1)C(=O)CO2. The number of hydrogen-bond donors (Lipinski definition) is 1. The first-order valence-electron chi connectivity index (χ1n) is 7.61. The average Bonchev–Trinajstić information content (AvgIpc) is 2.64. The summed E-state index contributed by atoms with van der Waals surface area (Å²) in [5.41, 5.74) is 0.705. The molecule has 0 aromatic heterocycles. The number of hydrogen-bond acceptors (Lipinski definition) is 5. The third kappa shape index (κ3) is 3.61. The molecule has 2 aromatic carbocycles. The summed E-state index contributed by atoms with van der Waals surface area (Å²) >= 11 is 0. The molecule has 0 fully saturated rings. The molecule has 0 radical (unpaired) electrons. The molecule has 1 amide bonds. The lowest BCUT2D eigenvalue weighted by Gasteiger charge is -2.29. The number of carboxylic acid groups (broad SMARTS) is 1. The van der Waals surface area contributed by atoms with Crippen molar-refractivity contribution >= 4 is 27.4 Å². The fourth-order valence-electron chi connectivity index (χ4n) is 2.58. The minimum absolute atomic E-state index is 0.00667. The maximum absolute atomic E-state index is 12.6. The third-order valence-electron chi connectivity index (χ3n) is 3.98. The topological polar surface area (TPSA) is 101 Å². The quantitative estimate of drug-likeness (QED) is 0.831. The van der Waals surface area contributed by atoms with Crippen LogP contribution in [0.15, 0.2) is 47.4 Å². The van der Waals surface area contributed by atoms with Gasteiger partial charge in [0.25, 0.3) is 5.91 Å². The van der Waals surface area contributed by atoms with Crippen LogP contribution in [0.5, 0.6) is 5.75 Å². The maximum atomic E-state index is 12.6. The van der Waals surface area contributed by atoms with E-state index < -0.39 is 32.4 Å². The summed E-state index contributed by atoms with van der Waals surface area (Å²) in [6.45, 7) is -0.246. The predicted molar refractivity (Wildman–Crippen MR) is 89.7 cm³/mol. The van der Waals surface area contributed by atoms with Gasteiger partial charge in [0.1, 0.15) is 5.75 Å². The number of carbonyl (C=O) groups is 2. The van der Waals surface area contributed by atoms with E-state index in [1.54, 1.807) is 0 Å². The molecular formula is C17H13F2NO6S. The van der Waals surface area contributed by atoms with Gasteiger partial charge in [0.15, 0.2) is 6.61 Å². The number of halogens is 2. The van der Waals surface area contributed by atoms with Gasteiger partial charge in [-0.05, 0) is 35.9 Å². The Morgan fingerprint density at radius 2 is 1.85 bits per heavy atom. The second kappa shape index (κ2) is 6.95. The van der Waals surface area contributed by atoms with Crippen molar-refractivity contribution in [3.63, 3.8) is 0 Å². The Morgan fingerprint density at radius 1 is 1.19 bits per heavy atom. The molecule has 0 aliphatic carbocycles. The average molecular weight is 397 g/mol. The molecule has 10 heteroatoms. The predicted octanol–water partition coefficient (Wildman–Crippen LogP) is 2.31. The number of carboxylic acids is 1. The standard InChI is InChI=1S/C17H13F2NO6S/c18-17(19)27(24,25)12-4-1-10(2-5-12)8-20-13-7-11(16(22)23)3-6-14(13)26-9-15(20)21/h1-7,17H,8-9H2,(H,22,23). The molecule has 0 spiro atoms. The normalized spacial score (nSPS) is 14.0. The number of rotatable bonds is 5. The zero-order valence-corrected chi connectivity index (χ0v) is 14.4. The van der Waals surface area contributed by atoms with E-state index in [1.165, 1.54) is 35.2 Å². The molecule has 142 valence electrons. The Hall–Kier alpha value is -3.01. The first-order chi connectivity index (χ1) is 12.7. The van der Waals surface area contributed by atoms with Gasteiger partial charge in [-0.2, -0.15) is 8.78 Å². The molecule has 7 nitrogen and oxygen atoms in total. The maximum Gasteiger partial charge on any atom is 0.341 e. The highest BCUT2D eigenvalue weighted by molar-refractivity contribution is 7.91. The first-order valence-corrected chi connectivity index (χ1v) is 9.16. The van der Waals surface area contributed by atoms with Crippen LogP contribution in [0.3, 0.4) is 0 Å². The summed E-state index contributed by atoms with van der Waals surface area (Å²) in [6, 6.07) is 8.80. The van der Waals surface area contributed by atoms with Crippen molar-refractivity contribution in [2.75, 3.05) is 11.5 Å². The monoisotopic (exact) mass is 397 g/mol. The molecule has 0 bridgehead atoms. The third-order valence-corrected chi connectivity index (χ3v) is 5.37. The molecule has 1 aliphatic rings. The van der Waals surface area contributed by atoms with Gasteiger partial charge in [-0.3, -0.25) is 4.79 Å². The Kier molecular flexibility index (Phi) is 4.83. The zero-order chi connectivity index (χ0) is 19.8. The van der Waals surface area contributed by atoms with Crippen LogP contribution in [0.25, 0.3) is 0 Å². The Labute approximate surface area is 152 Å². The fraction of sp³-hybridized carbons (Fsp3) is 0.176. The highest BCUT2D eigenvalue weighted by Crippen LogP contribution is 2.34. The van der Waals surface area contributed by atoms with Gasteiger partial charge in [-0.15, -0.1) is 0 Å². The minimum Gasteiger partial charge on any atom is -0.482 e. The number of alkyl halides is 2. The lowest BCUT2D eigenvalue weighted by Crippen LogP contribution is -2.38. The van der Waals surface area contributed by atoms with E-state index in [-0.39, 0.29) is 24.4 Å². The summed E-state index contributed by atoms with van der Waals surface area (Å²) in [5.74, 6) is -4.78. The number of benzene rings is 2. The smallest absolute Gasteiger partial charge is 0.341 e. The molecule has 1 aliphatic heterocycles. The van der Waals surface area contributed by atoms with Gasteiger partial charge >= 0.3 is 11.7 Å². The van der Waals surface area contributed by atoms with Gasteiger partial charge < -0.3 is 14.7 Å². The van der Waals surface area contributed by atoms with Crippen LogP contribution in [0.2, 0.25) is 0 Å². The van der Waals surface area contributed by atoms with Gasteiger partial charge in [0.2, 0.25) is 9.84 Å². The number of carbonyl (C=O) groups excluding carboxylic acids is 1. The lowest BCUT2D eigenvalue weighted by molar-refractivity contribution is -0.121. The number of amides is 1. The molecule has 0 atom stereocenters. The van der Waals surface area contributed by atoms with Crippen molar-refractivity contribution in [2.45, 2.75) is 17.2 Å². The number of ether oxygens (including phenoxy) is 1. The highest BCUT2D eigenvalue weighted by Gasteiger charge is 2.28. The molecule has 2 aromatic rings. The van der Waals surface area contributed by atoms with E-state index in [9.17, 15) is 26.8 Å². The molecule has 0 saturated carbocycles. The van der Waals surface area contributed by atoms with E-state index in [0.29, 0.717) is 11.3 Å². The summed E-state index contributed by atoms with van der Waals surface area (Å²) in [4.78, 5) is 24.1. The van der Waals surface area contributed by atoms with E-state index >= 15 is 0 Å². The molecule has 0 unspecified atom stereocenters. The molecular weight excluding hydrogens is 384 g/mol. The van der Waals surface area contributed by atoms with Crippen molar-refractivity contribution in [1.82, 2.24) is 0 Å². The van der Waals surface area contributed by atoms with Crippen molar-refractivity contribution in [3.05, 3.63) is 53.6 Å². The van der Waals surface area contributed by atoms with Gasteiger partial charge in [0, 0.05) is 0 Å². The van der Waals surface area contributed by atoms with Gasteiger partial charge in [0.05, 0.1) is 22.7 Å². The van der Waals surface area contributed by atoms with E-state index in [0.717, 1.165) is 12.1 Å². The Bertz CT molecular complexity index is 1000. The largest absolute Gasteiger partial charge is 0.482 e. The minimum atomic E-state index is -4.70. The van der Waals surface area contributed by atoms with Crippen LogP contribution in [0, 0.1) is 0 Å². The van der Waals surface area contributed by atoms with Crippen molar-refractivity contribution in [1.29, 1.82) is 0 Å². The van der Waals surface area contributed by atoms with Crippen LogP contribution in [0.1, 0.15) is 15.9 Å². The Morgan fingerprint density at radius 3 is 2.44 bits per heavy atom. The van der Waals surface area contributed by atoms with Crippen LogP contribution in [-0.4, -0.2) is 37.8 Å². The number of sulfone groups is 1. The van der Waals surface area contributed by atoms with Crippen molar-refractivity contribution < 1.29 is 36.6 Å². The number of aromatic carboxylic acids is 1. The molecule has 1 heterocycles. The van der Waals surface area contributed by atoms with Gasteiger partial charge in [-0.25, -0.2) is 13.2 Å². The Balaban J connectivity index is 1.91. The fourth-order valence-corrected chi connectivity index (χ4v) is 3.30. The van der Waals surface area contributed by atoms with E-state index in [2.05, 4.69) is 0 Å². The highest BCUT2D eigenvalue weighted by atomic mass is 32.2. The lowest BCUT2D eigenvalue weighted by atomic mass is 10.1. The molecule has 1 N–H and O–H groups in total. The van der Waals surface area contributed by atoms with Gasteiger partial charge in [-0.1, -0.05) is 12.1 Å². The molecule has 27 heavy (non-hydrogen) atoms. The van der Waals surface area contributed by atoms with E-state index in [4.69, 9.17) is 9.84 Å². The summed E-state index contributed by atoms with van der Waals surface area (Å²) in [5, 5.41) is 9.12. The molecule has 0 saturated heterocycles. The number of anilines is 1. The van der Waals surface area contributed by atoms with Crippen LogP contribution < -0.4 is 9.64 Å². The van der Waals surface area contributed by atoms with Crippen molar-refractivity contribution in [2.24, 2.45) is 0 Å². The van der Waals surface area contributed by atoms with E-state index in [1.807, 2.05) is 0 Å². The number of fused-ring (bicyclic) bond motifs is 1.